The fourth-order valence-corrected chi connectivity index (χ4v) is 3.86. The molecule has 0 spiro atoms. The number of halogens is 2. The molecule has 4 rings (SSSR count). The zero-order valence-corrected chi connectivity index (χ0v) is 14.9. The maximum atomic E-state index is 12.2. The monoisotopic (exact) mass is 384 g/mol. The van der Waals surface area contributed by atoms with Crippen LogP contribution in [0.1, 0.15) is 37.2 Å². The van der Waals surface area contributed by atoms with Crippen LogP contribution in [0.15, 0.2) is 23.4 Å². The van der Waals surface area contributed by atoms with E-state index in [-0.39, 0.29) is 6.23 Å². The zero-order valence-electron chi connectivity index (χ0n) is 12.5. The number of carbonyl (C=O) groups excluding carboxylic acids is 1. The van der Waals surface area contributed by atoms with Crippen LogP contribution in [-0.4, -0.2) is 26.6 Å². The quantitative estimate of drug-likeness (QED) is 0.829. The molecule has 1 unspecified atom stereocenters. The van der Waals surface area contributed by atoms with Gasteiger partial charge < -0.3 is 4.74 Å². The second-order valence-electron chi connectivity index (χ2n) is 5.74. The molecular weight excluding hydrogens is 371 g/mol. The Kier molecular flexibility index (Phi) is 4.32. The van der Waals surface area contributed by atoms with Gasteiger partial charge >= 0.3 is 6.09 Å². The number of nitrogens with one attached hydrogen (secondary N) is 1. The minimum atomic E-state index is -0.535. The Bertz CT molecular complexity index is 794. The highest BCUT2D eigenvalue weighted by molar-refractivity contribution is 7.99. The first-order chi connectivity index (χ1) is 11.6. The summed E-state index contributed by atoms with van der Waals surface area (Å²) in [6.07, 6.45) is 2.04. The van der Waals surface area contributed by atoms with E-state index in [0.29, 0.717) is 21.7 Å². The SMILES string of the molecule is O=C(Nc1ccc(Cl)c(Cl)c1)OC1CCSc2nnc(C3CC3)n21. The van der Waals surface area contributed by atoms with Gasteiger partial charge in [-0.25, -0.2) is 4.79 Å². The molecule has 0 radical (unpaired) electrons. The third kappa shape index (κ3) is 3.20. The summed E-state index contributed by atoms with van der Waals surface area (Å²) in [5, 5.41) is 12.8. The molecule has 6 nitrogen and oxygen atoms in total. The first-order valence-electron chi connectivity index (χ1n) is 7.62. The van der Waals surface area contributed by atoms with Crippen molar-refractivity contribution in [2.24, 2.45) is 0 Å². The number of anilines is 1. The molecule has 9 heteroatoms. The summed E-state index contributed by atoms with van der Waals surface area (Å²) in [5.41, 5.74) is 0.533. The van der Waals surface area contributed by atoms with E-state index in [9.17, 15) is 4.79 Å². The lowest BCUT2D eigenvalue weighted by Gasteiger charge is -2.25. The average Bonchev–Trinajstić information content (AvgIpc) is 3.30. The lowest BCUT2D eigenvalue weighted by molar-refractivity contribution is 0.0540. The van der Waals surface area contributed by atoms with Crippen LogP contribution in [0.5, 0.6) is 0 Å². The molecule has 1 fully saturated rings. The van der Waals surface area contributed by atoms with Gasteiger partial charge in [-0.2, -0.15) is 0 Å². The van der Waals surface area contributed by atoms with Gasteiger partial charge in [0.1, 0.15) is 5.82 Å². The Labute approximate surface area is 152 Å². The fourth-order valence-electron chi connectivity index (χ4n) is 2.61. The van der Waals surface area contributed by atoms with Gasteiger partial charge in [-0.15, -0.1) is 10.2 Å². The molecule has 2 heterocycles. The van der Waals surface area contributed by atoms with Crippen LogP contribution < -0.4 is 5.32 Å². The molecule has 126 valence electrons. The number of aromatic nitrogens is 3. The number of hydrogen-bond acceptors (Lipinski definition) is 5. The van der Waals surface area contributed by atoms with Crippen molar-refractivity contribution in [3.8, 4) is 0 Å². The summed E-state index contributed by atoms with van der Waals surface area (Å²) in [5.74, 6) is 2.20. The molecule has 0 saturated heterocycles. The highest BCUT2D eigenvalue weighted by Gasteiger charge is 2.35. The lowest BCUT2D eigenvalue weighted by Crippen LogP contribution is -2.25. The van der Waals surface area contributed by atoms with Crippen molar-refractivity contribution in [1.82, 2.24) is 14.8 Å². The first kappa shape index (κ1) is 16.1. The van der Waals surface area contributed by atoms with Gasteiger partial charge in [-0.3, -0.25) is 9.88 Å². The normalized spacial score (nSPS) is 19.7. The lowest BCUT2D eigenvalue weighted by atomic mass is 10.3. The topological polar surface area (TPSA) is 69.0 Å². The minimum absolute atomic E-state index is 0.376. The maximum Gasteiger partial charge on any atom is 0.413 e. The number of rotatable bonds is 3. The fraction of sp³-hybridized carbons (Fsp3) is 0.400. The molecule has 24 heavy (non-hydrogen) atoms. The first-order valence-corrected chi connectivity index (χ1v) is 9.36. The zero-order chi connectivity index (χ0) is 16.7. The van der Waals surface area contributed by atoms with Crippen LogP contribution in [0, 0.1) is 0 Å². The molecule has 1 aliphatic heterocycles. The molecule has 2 aliphatic rings. The van der Waals surface area contributed by atoms with E-state index >= 15 is 0 Å². The molecule has 1 amide bonds. The molecule has 0 bridgehead atoms. The molecule has 1 aromatic carbocycles. The van der Waals surface area contributed by atoms with Gasteiger partial charge in [0, 0.05) is 23.8 Å². The number of amides is 1. The largest absolute Gasteiger partial charge is 0.425 e. The van der Waals surface area contributed by atoms with Gasteiger partial charge in [0.25, 0.3) is 0 Å². The smallest absolute Gasteiger partial charge is 0.413 e. The van der Waals surface area contributed by atoms with Crippen LogP contribution in [0.4, 0.5) is 10.5 Å². The minimum Gasteiger partial charge on any atom is -0.425 e. The van der Waals surface area contributed by atoms with E-state index in [0.717, 1.165) is 36.0 Å². The van der Waals surface area contributed by atoms with Gasteiger partial charge in [0.05, 0.1) is 10.0 Å². The Morgan fingerprint density at radius 3 is 2.83 bits per heavy atom. The van der Waals surface area contributed by atoms with Gasteiger partial charge in [-0.05, 0) is 31.0 Å². The van der Waals surface area contributed by atoms with Crippen molar-refractivity contribution in [2.45, 2.75) is 36.6 Å². The standard InChI is InChI=1S/C15H14Cl2N4O2S/c16-10-4-3-9(7-11(10)17)18-15(22)23-12-5-6-24-14-20-19-13(21(12)14)8-1-2-8/h3-4,7-8,12H,1-2,5-6H2,(H,18,22). The number of nitrogens with zero attached hydrogens (tertiary/aromatic N) is 3. The Balaban J connectivity index is 1.48. The summed E-state index contributed by atoms with van der Waals surface area (Å²) < 4.78 is 7.57. The molecule has 1 atom stereocenters. The molecule has 1 N–H and O–H groups in total. The summed E-state index contributed by atoms with van der Waals surface area (Å²) in [6.45, 7) is 0. The van der Waals surface area contributed by atoms with Crippen LogP contribution >= 0.6 is 35.0 Å². The van der Waals surface area contributed by atoms with Crippen molar-refractivity contribution < 1.29 is 9.53 Å². The number of carbonyl (C=O) groups is 1. The van der Waals surface area contributed by atoms with Crippen molar-refractivity contribution in [3.63, 3.8) is 0 Å². The third-order valence-electron chi connectivity index (χ3n) is 3.93. The van der Waals surface area contributed by atoms with E-state index in [1.807, 2.05) is 4.57 Å². The molecule has 1 aromatic heterocycles. The average molecular weight is 385 g/mol. The third-order valence-corrected chi connectivity index (χ3v) is 5.64. The number of benzene rings is 1. The predicted molar refractivity (Wildman–Crippen MR) is 92.9 cm³/mol. The Hall–Kier alpha value is -1.44. The second-order valence-corrected chi connectivity index (χ2v) is 7.61. The summed E-state index contributed by atoms with van der Waals surface area (Å²) in [7, 11) is 0. The number of fused-ring (bicyclic) bond motifs is 1. The molecule has 1 saturated carbocycles. The highest BCUT2D eigenvalue weighted by Crippen LogP contribution is 2.43. The van der Waals surface area contributed by atoms with E-state index in [1.165, 1.54) is 0 Å². The van der Waals surface area contributed by atoms with E-state index in [4.69, 9.17) is 27.9 Å². The number of hydrogen-bond donors (Lipinski definition) is 1. The van der Waals surface area contributed by atoms with E-state index in [1.54, 1.807) is 30.0 Å². The molecular formula is C15H14Cl2N4O2S. The Morgan fingerprint density at radius 2 is 2.08 bits per heavy atom. The highest BCUT2D eigenvalue weighted by atomic mass is 35.5. The van der Waals surface area contributed by atoms with Gasteiger partial charge in [0.2, 0.25) is 0 Å². The van der Waals surface area contributed by atoms with Gasteiger partial charge in [0.15, 0.2) is 11.4 Å². The molecule has 1 aliphatic carbocycles. The number of thioether (sulfide) groups is 1. The Morgan fingerprint density at radius 1 is 1.25 bits per heavy atom. The van der Waals surface area contributed by atoms with E-state index in [2.05, 4.69) is 15.5 Å². The maximum absolute atomic E-state index is 12.2. The predicted octanol–water partition coefficient (Wildman–Crippen LogP) is 4.71. The summed E-state index contributed by atoms with van der Waals surface area (Å²) in [4.78, 5) is 12.2. The van der Waals surface area contributed by atoms with Crippen molar-refractivity contribution in [2.75, 3.05) is 11.1 Å². The van der Waals surface area contributed by atoms with Crippen molar-refractivity contribution in [3.05, 3.63) is 34.1 Å². The van der Waals surface area contributed by atoms with Crippen LogP contribution in [0.25, 0.3) is 0 Å². The van der Waals surface area contributed by atoms with Crippen LogP contribution in [-0.2, 0) is 4.74 Å². The van der Waals surface area contributed by atoms with E-state index < -0.39 is 6.09 Å². The van der Waals surface area contributed by atoms with Crippen molar-refractivity contribution in [1.29, 1.82) is 0 Å². The summed E-state index contributed by atoms with van der Waals surface area (Å²) >= 11 is 13.5. The summed E-state index contributed by atoms with van der Waals surface area (Å²) in [6, 6.07) is 4.88. The van der Waals surface area contributed by atoms with Crippen LogP contribution in [0.2, 0.25) is 10.0 Å². The number of ether oxygens (including phenoxy) is 1. The van der Waals surface area contributed by atoms with Crippen LogP contribution in [0.3, 0.4) is 0 Å². The van der Waals surface area contributed by atoms with Crippen molar-refractivity contribution >= 4 is 46.7 Å². The second kappa shape index (κ2) is 6.46. The molecule has 2 aromatic rings. The van der Waals surface area contributed by atoms with Gasteiger partial charge in [-0.1, -0.05) is 35.0 Å².